The Labute approximate surface area is 134 Å². The van der Waals surface area contributed by atoms with Crippen LogP contribution in [0.25, 0.3) is 11.0 Å². The van der Waals surface area contributed by atoms with E-state index in [0.717, 1.165) is 25.9 Å². The summed E-state index contributed by atoms with van der Waals surface area (Å²) in [5.74, 6) is 0.527. The Kier molecular flexibility index (Phi) is 5.37. The molecule has 1 aliphatic heterocycles. The van der Waals surface area contributed by atoms with E-state index in [9.17, 15) is 9.18 Å². The van der Waals surface area contributed by atoms with Crippen LogP contribution < -0.4 is 10.6 Å². The molecule has 0 spiro atoms. The fraction of sp³-hybridized carbons (Fsp3) is 0.467. The molecule has 7 heteroatoms. The highest BCUT2D eigenvalue weighted by Crippen LogP contribution is 2.21. The van der Waals surface area contributed by atoms with Crippen LogP contribution in [-0.2, 0) is 11.8 Å². The highest BCUT2D eigenvalue weighted by molar-refractivity contribution is 5.91. The number of hydrogen-bond donors (Lipinski definition) is 2. The summed E-state index contributed by atoms with van der Waals surface area (Å²) < 4.78 is 15.4. The van der Waals surface area contributed by atoms with Gasteiger partial charge in [-0.1, -0.05) is 6.07 Å². The maximum atomic E-state index is 13.7. The lowest BCUT2D eigenvalue weighted by atomic mass is 10.0. The molecule has 2 heterocycles. The molecule has 1 amide bonds. The molecular formula is C15H20ClFN4O. The molecule has 3 rings (SSSR count). The number of benzene rings is 1. The summed E-state index contributed by atoms with van der Waals surface area (Å²) in [6.07, 6.45) is 2.47. The second kappa shape index (κ2) is 7.07. The lowest BCUT2D eigenvalue weighted by molar-refractivity contribution is -0.116. The molecule has 0 bridgehead atoms. The second-order valence-electron chi connectivity index (χ2n) is 5.55. The van der Waals surface area contributed by atoms with Crippen molar-refractivity contribution in [1.29, 1.82) is 0 Å². The Morgan fingerprint density at radius 1 is 1.55 bits per heavy atom. The van der Waals surface area contributed by atoms with E-state index >= 15 is 0 Å². The standard InChI is InChI=1S/C15H19FN4O.ClH/c1-20-12-4-2-3-11(16)14(12)19-15(20)18-13(21)6-5-10-7-8-17-9-10;/h2-4,10,17H,5-9H2,1H3,(H,18,19,21);1H. The molecular weight excluding hydrogens is 307 g/mol. The number of carbonyl (C=O) groups excluding carboxylic acids is 1. The van der Waals surface area contributed by atoms with E-state index in [-0.39, 0.29) is 29.6 Å². The second-order valence-corrected chi connectivity index (χ2v) is 5.55. The van der Waals surface area contributed by atoms with E-state index < -0.39 is 0 Å². The van der Waals surface area contributed by atoms with E-state index in [4.69, 9.17) is 0 Å². The van der Waals surface area contributed by atoms with Crippen molar-refractivity contribution in [1.82, 2.24) is 14.9 Å². The minimum Gasteiger partial charge on any atom is -0.316 e. The number of nitrogens with zero attached hydrogens (tertiary/aromatic N) is 2. The van der Waals surface area contributed by atoms with Crippen molar-refractivity contribution in [3.05, 3.63) is 24.0 Å². The number of rotatable bonds is 4. The number of aromatic nitrogens is 2. The van der Waals surface area contributed by atoms with Crippen molar-refractivity contribution in [2.45, 2.75) is 19.3 Å². The molecule has 5 nitrogen and oxygen atoms in total. The Bertz CT molecular complexity index is 667. The average Bonchev–Trinajstić information content (AvgIpc) is 3.08. The molecule has 2 N–H and O–H groups in total. The number of nitrogens with one attached hydrogen (secondary N) is 2. The number of aryl methyl sites for hydroxylation is 1. The predicted octanol–water partition coefficient (Wildman–Crippen LogP) is 2.46. The molecule has 120 valence electrons. The first kappa shape index (κ1) is 16.7. The van der Waals surface area contributed by atoms with Gasteiger partial charge in [-0.25, -0.2) is 9.37 Å². The van der Waals surface area contributed by atoms with Crippen molar-refractivity contribution in [2.24, 2.45) is 13.0 Å². The monoisotopic (exact) mass is 326 g/mol. The van der Waals surface area contributed by atoms with Gasteiger partial charge in [0.05, 0.1) is 5.52 Å². The first-order chi connectivity index (χ1) is 10.1. The lowest BCUT2D eigenvalue weighted by Crippen LogP contribution is -2.17. The van der Waals surface area contributed by atoms with Crippen LogP contribution in [0.3, 0.4) is 0 Å². The van der Waals surface area contributed by atoms with Crippen molar-refractivity contribution in [3.63, 3.8) is 0 Å². The van der Waals surface area contributed by atoms with Crippen LogP contribution in [0.5, 0.6) is 0 Å². The SMILES string of the molecule is Cl.Cn1c(NC(=O)CCC2CCNC2)nc2c(F)cccc21. The van der Waals surface area contributed by atoms with Gasteiger partial charge in [0.2, 0.25) is 11.9 Å². The largest absolute Gasteiger partial charge is 0.316 e. The van der Waals surface area contributed by atoms with Crippen LogP contribution in [0, 0.1) is 11.7 Å². The van der Waals surface area contributed by atoms with E-state index in [1.54, 1.807) is 23.7 Å². The third kappa shape index (κ3) is 3.39. The first-order valence-corrected chi connectivity index (χ1v) is 7.26. The van der Waals surface area contributed by atoms with Crippen LogP contribution in [0.4, 0.5) is 10.3 Å². The van der Waals surface area contributed by atoms with Gasteiger partial charge in [0.25, 0.3) is 0 Å². The maximum absolute atomic E-state index is 13.7. The molecule has 22 heavy (non-hydrogen) atoms. The number of fused-ring (bicyclic) bond motifs is 1. The van der Waals surface area contributed by atoms with Gasteiger partial charge in [-0.15, -0.1) is 12.4 Å². The van der Waals surface area contributed by atoms with Crippen LogP contribution in [0.2, 0.25) is 0 Å². The summed E-state index contributed by atoms with van der Waals surface area (Å²) in [6, 6.07) is 4.79. The quantitative estimate of drug-likeness (QED) is 0.907. The minimum absolute atomic E-state index is 0. The van der Waals surface area contributed by atoms with Gasteiger partial charge in [0, 0.05) is 13.5 Å². The Balaban J connectivity index is 0.00000176. The molecule has 1 saturated heterocycles. The molecule has 0 aliphatic carbocycles. The van der Waals surface area contributed by atoms with Gasteiger partial charge in [-0.2, -0.15) is 0 Å². The Morgan fingerprint density at radius 2 is 2.36 bits per heavy atom. The highest BCUT2D eigenvalue weighted by Gasteiger charge is 2.17. The maximum Gasteiger partial charge on any atom is 0.226 e. The van der Waals surface area contributed by atoms with Crippen LogP contribution >= 0.6 is 12.4 Å². The van der Waals surface area contributed by atoms with Gasteiger partial charge >= 0.3 is 0 Å². The fourth-order valence-corrected chi connectivity index (χ4v) is 2.78. The Hall–Kier alpha value is -1.66. The number of imidazole rings is 1. The summed E-state index contributed by atoms with van der Waals surface area (Å²) in [6.45, 7) is 2.03. The highest BCUT2D eigenvalue weighted by atomic mass is 35.5. The molecule has 1 aliphatic rings. The number of anilines is 1. The van der Waals surface area contributed by atoms with Crippen molar-refractivity contribution in [2.75, 3.05) is 18.4 Å². The zero-order valence-corrected chi connectivity index (χ0v) is 13.3. The topological polar surface area (TPSA) is 59.0 Å². The minimum atomic E-state index is -0.374. The van der Waals surface area contributed by atoms with E-state index in [1.165, 1.54) is 6.07 Å². The first-order valence-electron chi connectivity index (χ1n) is 7.26. The Morgan fingerprint density at radius 3 is 3.05 bits per heavy atom. The van der Waals surface area contributed by atoms with Crippen molar-refractivity contribution >= 4 is 35.3 Å². The molecule has 0 radical (unpaired) electrons. The lowest BCUT2D eigenvalue weighted by Gasteiger charge is -2.08. The summed E-state index contributed by atoms with van der Waals surface area (Å²) >= 11 is 0. The summed E-state index contributed by atoms with van der Waals surface area (Å²) in [4.78, 5) is 16.2. The fourth-order valence-electron chi connectivity index (χ4n) is 2.78. The molecule has 1 aromatic carbocycles. The van der Waals surface area contributed by atoms with Crippen molar-refractivity contribution < 1.29 is 9.18 Å². The molecule has 0 saturated carbocycles. The van der Waals surface area contributed by atoms with Gasteiger partial charge in [0.15, 0.2) is 5.82 Å². The van der Waals surface area contributed by atoms with Crippen LogP contribution in [-0.4, -0.2) is 28.5 Å². The number of amides is 1. The van der Waals surface area contributed by atoms with Crippen LogP contribution in [0.1, 0.15) is 19.3 Å². The van der Waals surface area contributed by atoms with E-state index in [1.807, 2.05) is 0 Å². The molecule has 1 aromatic heterocycles. The smallest absolute Gasteiger partial charge is 0.226 e. The normalized spacial score (nSPS) is 17.5. The summed E-state index contributed by atoms with van der Waals surface area (Å²) in [5.41, 5.74) is 0.959. The number of hydrogen-bond acceptors (Lipinski definition) is 3. The van der Waals surface area contributed by atoms with Gasteiger partial charge in [0.1, 0.15) is 5.52 Å². The van der Waals surface area contributed by atoms with Crippen molar-refractivity contribution in [3.8, 4) is 0 Å². The summed E-state index contributed by atoms with van der Waals surface area (Å²) in [5, 5.41) is 6.07. The van der Waals surface area contributed by atoms with Gasteiger partial charge in [-0.05, 0) is 44.0 Å². The van der Waals surface area contributed by atoms with E-state index in [0.29, 0.717) is 23.8 Å². The number of para-hydroxylation sites is 1. The third-order valence-electron chi connectivity index (χ3n) is 4.06. The molecule has 2 aromatic rings. The molecule has 1 unspecified atom stereocenters. The predicted molar refractivity (Wildman–Crippen MR) is 86.8 cm³/mol. The summed E-state index contributed by atoms with van der Waals surface area (Å²) in [7, 11) is 1.77. The average molecular weight is 327 g/mol. The van der Waals surface area contributed by atoms with Gasteiger partial charge < -0.3 is 9.88 Å². The number of halogens is 2. The zero-order valence-electron chi connectivity index (χ0n) is 12.4. The van der Waals surface area contributed by atoms with E-state index in [2.05, 4.69) is 15.6 Å². The zero-order chi connectivity index (χ0) is 14.8. The van der Waals surface area contributed by atoms with Gasteiger partial charge in [-0.3, -0.25) is 10.1 Å². The molecule has 1 atom stereocenters. The van der Waals surface area contributed by atoms with Crippen LogP contribution in [0.15, 0.2) is 18.2 Å². The number of carbonyl (C=O) groups is 1. The third-order valence-corrected chi connectivity index (χ3v) is 4.06. The molecule has 1 fully saturated rings.